The third-order valence-electron chi connectivity index (χ3n) is 1.52. The number of hydrogen-bond acceptors (Lipinski definition) is 6. The monoisotopic (exact) mass is 244 g/mol. The first-order chi connectivity index (χ1) is 6.65. The molecule has 5 N–H and O–H groups in total. The van der Waals surface area contributed by atoms with Crippen LogP contribution in [0.2, 0.25) is 0 Å². The molecule has 0 radical (unpaired) electrons. The van der Waals surface area contributed by atoms with Crippen molar-refractivity contribution in [3.05, 3.63) is 0 Å². The predicted molar refractivity (Wildman–Crippen MR) is 46.7 cm³/mol. The maximum absolute atomic E-state index is 10.9. The number of aliphatic hydroxyl groups is 3. The van der Waals surface area contributed by atoms with E-state index in [1.807, 2.05) is 0 Å². The Balaban J connectivity index is 4.17. The summed E-state index contributed by atoms with van der Waals surface area (Å²) in [6.07, 6.45) is -5.02. The molecular weight excluding hydrogens is 231 g/mol. The van der Waals surface area contributed by atoms with Gasteiger partial charge in [-0.2, -0.15) is 0 Å². The highest BCUT2D eigenvalue weighted by atomic mass is 31.2. The van der Waals surface area contributed by atoms with Gasteiger partial charge in [0.05, 0.1) is 6.10 Å². The van der Waals surface area contributed by atoms with Crippen molar-refractivity contribution in [3.8, 4) is 0 Å². The van der Waals surface area contributed by atoms with Crippen molar-refractivity contribution in [2.24, 2.45) is 0 Å². The van der Waals surface area contributed by atoms with Crippen molar-refractivity contribution >= 4 is 13.6 Å². The fourth-order valence-electron chi connectivity index (χ4n) is 0.687. The molecule has 0 heterocycles. The van der Waals surface area contributed by atoms with Crippen LogP contribution in [-0.2, 0) is 13.9 Å². The lowest BCUT2D eigenvalue weighted by molar-refractivity contribution is -0.140. The Morgan fingerprint density at radius 3 is 2.13 bits per heavy atom. The van der Waals surface area contributed by atoms with E-state index in [0.29, 0.717) is 0 Å². The molecule has 90 valence electrons. The lowest BCUT2D eigenvalue weighted by atomic mass is 10.1. The van der Waals surface area contributed by atoms with E-state index in [-0.39, 0.29) is 0 Å². The quantitative estimate of drug-likeness (QED) is 0.330. The Bertz CT molecular complexity index is 258. The van der Waals surface area contributed by atoms with E-state index in [2.05, 4.69) is 4.52 Å². The largest absolute Gasteiger partial charge is 0.470 e. The highest BCUT2D eigenvalue weighted by Crippen LogP contribution is 2.35. The third kappa shape index (κ3) is 5.95. The lowest BCUT2D eigenvalue weighted by Gasteiger charge is -2.18. The topological polar surface area (TPSA) is 145 Å². The predicted octanol–water partition coefficient (Wildman–Crippen LogP) is -2.23. The van der Waals surface area contributed by atoms with Gasteiger partial charge >= 0.3 is 7.82 Å². The Morgan fingerprint density at radius 1 is 1.33 bits per heavy atom. The number of carbonyl (C=O) groups is 1. The first kappa shape index (κ1) is 14.7. The summed E-state index contributed by atoms with van der Waals surface area (Å²) in [6.45, 7) is 0.0974. The van der Waals surface area contributed by atoms with Crippen molar-refractivity contribution < 1.29 is 39.0 Å². The molecule has 0 aliphatic rings. The van der Waals surface area contributed by atoms with Crippen LogP contribution in [0, 0.1) is 0 Å². The highest BCUT2D eigenvalue weighted by Gasteiger charge is 2.29. The van der Waals surface area contributed by atoms with Crippen LogP contribution >= 0.6 is 7.82 Å². The number of hydrogen-bond donors (Lipinski definition) is 5. The summed E-state index contributed by atoms with van der Waals surface area (Å²) < 4.78 is 14.0. The maximum Gasteiger partial charge on any atom is 0.470 e. The molecule has 9 heteroatoms. The molecule has 0 rings (SSSR count). The average molecular weight is 244 g/mol. The molecule has 3 atom stereocenters. The number of rotatable bonds is 6. The van der Waals surface area contributed by atoms with Crippen molar-refractivity contribution in [2.45, 2.75) is 25.2 Å². The second-order valence-electron chi connectivity index (χ2n) is 2.91. The van der Waals surface area contributed by atoms with Gasteiger partial charge in [-0.15, -0.1) is 0 Å². The summed E-state index contributed by atoms with van der Waals surface area (Å²) in [4.78, 5) is 27.4. The molecule has 0 spiro atoms. The normalized spacial score (nSPS) is 18.3. The van der Waals surface area contributed by atoms with Crippen LogP contribution in [0.15, 0.2) is 0 Å². The summed E-state index contributed by atoms with van der Waals surface area (Å²) in [7, 11) is -4.79. The molecule has 0 aliphatic carbocycles. The Labute approximate surface area is 85.4 Å². The number of aliphatic hydroxyl groups excluding tert-OH is 3. The number of ketones is 1. The van der Waals surface area contributed by atoms with Gasteiger partial charge < -0.3 is 25.1 Å². The molecule has 0 saturated carbocycles. The molecule has 0 fully saturated rings. The number of phosphoric acid groups is 1. The molecule has 0 bridgehead atoms. The van der Waals surface area contributed by atoms with Crippen LogP contribution in [-0.4, -0.2) is 55.8 Å². The van der Waals surface area contributed by atoms with Gasteiger partial charge in [0, 0.05) is 0 Å². The van der Waals surface area contributed by atoms with Gasteiger partial charge in [0.25, 0.3) is 0 Å². The van der Waals surface area contributed by atoms with Gasteiger partial charge in [-0.05, 0) is 6.92 Å². The minimum atomic E-state index is -4.79. The van der Waals surface area contributed by atoms with Crippen LogP contribution in [0.5, 0.6) is 0 Å². The summed E-state index contributed by atoms with van der Waals surface area (Å²) in [5, 5.41) is 26.9. The lowest BCUT2D eigenvalue weighted by Crippen LogP contribution is -2.42. The van der Waals surface area contributed by atoms with Crippen LogP contribution < -0.4 is 0 Å². The second-order valence-corrected chi connectivity index (χ2v) is 4.15. The summed E-state index contributed by atoms with van der Waals surface area (Å²) in [5.74, 6) is -1.13. The van der Waals surface area contributed by atoms with Crippen LogP contribution in [0.4, 0.5) is 0 Å². The molecule has 0 aromatic heterocycles. The molecule has 0 aliphatic heterocycles. The van der Waals surface area contributed by atoms with E-state index in [1.165, 1.54) is 0 Å². The maximum atomic E-state index is 10.9. The van der Waals surface area contributed by atoms with Gasteiger partial charge in [0.15, 0.2) is 5.78 Å². The first-order valence-electron chi connectivity index (χ1n) is 3.92. The SMILES string of the molecule is CC(O)[C@@H](O)[C@@H](O)C(=O)COP(=O)(O)O. The zero-order valence-electron chi connectivity index (χ0n) is 7.85. The molecule has 0 amide bonds. The van der Waals surface area contributed by atoms with E-state index in [1.54, 1.807) is 0 Å². The molecular formula is C6H13O8P. The van der Waals surface area contributed by atoms with E-state index in [0.717, 1.165) is 6.92 Å². The highest BCUT2D eigenvalue weighted by molar-refractivity contribution is 7.46. The van der Waals surface area contributed by atoms with E-state index in [4.69, 9.17) is 25.1 Å². The minimum absolute atomic E-state index is 1.05. The van der Waals surface area contributed by atoms with E-state index >= 15 is 0 Å². The van der Waals surface area contributed by atoms with Crippen molar-refractivity contribution in [2.75, 3.05) is 6.61 Å². The summed E-state index contributed by atoms with van der Waals surface area (Å²) in [5.41, 5.74) is 0. The first-order valence-corrected chi connectivity index (χ1v) is 5.45. The summed E-state index contributed by atoms with van der Waals surface area (Å²) in [6, 6.07) is 0. The molecule has 8 nitrogen and oxygen atoms in total. The number of Topliss-reactive ketones (excluding diaryl/α,β-unsaturated/α-hetero) is 1. The average Bonchev–Trinajstić information content (AvgIpc) is 2.10. The van der Waals surface area contributed by atoms with Crippen LogP contribution in [0.3, 0.4) is 0 Å². The van der Waals surface area contributed by atoms with Crippen molar-refractivity contribution in [3.63, 3.8) is 0 Å². The van der Waals surface area contributed by atoms with Gasteiger partial charge in [-0.25, -0.2) is 4.57 Å². The Kier molecular flexibility index (Phi) is 5.54. The molecule has 1 unspecified atom stereocenters. The molecule has 0 saturated heterocycles. The zero-order valence-corrected chi connectivity index (χ0v) is 8.74. The van der Waals surface area contributed by atoms with Gasteiger partial charge in [-0.3, -0.25) is 9.32 Å². The van der Waals surface area contributed by atoms with Gasteiger partial charge in [0.1, 0.15) is 18.8 Å². The Hall–Kier alpha value is -0.340. The van der Waals surface area contributed by atoms with E-state index in [9.17, 15) is 9.36 Å². The Morgan fingerprint density at radius 2 is 1.80 bits per heavy atom. The smallest absolute Gasteiger partial charge is 0.391 e. The summed E-state index contributed by atoms with van der Waals surface area (Å²) >= 11 is 0. The van der Waals surface area contributed by atoms with Crippen LogP contribution in [0.25, 0.3) is 0 Å². The second kappa shape index (κ2) is 5.66. The van der Waals surface area contributed by atoms with E-state index < -0.39 is 38.5 Å². The minimum Gasteiger partial charge on any atom is -0.391 e. The zero-order chi connectivity index (χ0) is 12.2. The molecule has 0 aromatic carbocycles. The fourth-order valence-corrected chi connectivity index (χ4v) is 0.983. The van der Waals surface area contributed by atoms with Crippen molar-refractivity contribution in [1.29, 1.82) is 0 Å². The van der Waals surface area contributed by atoms with Gasteiger partial charge in [0.2, 0.25) is 0 Å². The third-order valence-corrected chi connectivity index (χ3v) is 1.99. The van der Waals surface area contributed by atoms with Crippen LogP contribution in [0.1, 0.15) is 6.92 Å². The molecule has 15 heavy (non-hydrogen) atoms. The standard InChI is InChI=1S/C6H13O8P/c1-3(7)5(9)6(10)4(8)2-14-15(11,12)13/h3,5-7,9-10H,2H2,1H3,(H2,11,12,13)/t3?,5-,6+/m1/s1. The van der Waals surface area contributed by atoms with Crippen molar-refractivity contribution in [1.82, 2.24) is 0 Å². The molecule has 0 aromatic rings. The van der Waals surface area contributed by atoms with Gasteiger partial charge in [-0.1, -0.05) is 0 Å². The number of phosphoric ester groups is 1. The number of carbonyl (C=O) groups excluding carboxylic acids is 1. The fraction of sp³-hybridized carbons (Fsp3) is 0.833.